The second-order valence-corrected chi connectivity index (χ2v) is 2.83. The quantitative estimate of drug-likeness (QED) is 0.423. The molecule has 0 bridgehead atoms. The van der Waals surface area contributed by atoms with Crippen molar-refractivity contribution in [2.75, 3.05) is 0 Å². The number of hydrogen-bond donors (Lipinski definition) is 0. The second-order valence-electron chi connectivity index (χ2n) is 2.83. The molecule has 0 amide bonds. The van der Waals surface area contributed by atoms with Crippen molar-refractivity contribution in [2.24, 2.45) is 0 Å². The van der Waals surface area contributed by atoms with Gasteiger partial charge >= 0.3 is 0 Å². The zero-order valence-electron chi connectivity index (χ0n) is 8.14. The lowest BCUT2D eigenvalue weighted by Gasteiger charge is -1.94. The summed E-state index contributed by atoms with van der Waals surface area (Å²) < 4.78 is 0. The third-order valence-corrected chi connectivity index (χ3v) is 1.57. The summed E-state index contributed by atoms with van der Waals surface area (Å²) in [7, 11) is 0. The summed E-state index contributed by atoms with van der Waals surface area (Å²) in [4.78, 5) is 0. The van der Waals surface area contributed by atoms with E-state index in [2.05, 4.69) is 45.2 Å². The van der Waals surface area contributed by atoms with E-state index in [0.717, 1.165) is 12.8 Å². The first-order valence-electron chi connectivity index (χ1n) is 4.34. The SMILES string of the molecule is C=CC/C=C\C(C)=C/C(=C)CC. The smallest absolute Gasteiger partial charge is 0.0169 e. The van der Waals surface area contributed by atoms with Gasteiger partial charge in [-0.15, -0.1) is 6.58 Å². The van der Waals surface area contributed by atoms with Gasteiger partial charge in [-0.2, -0.15) is 0 Å². The van der Waals surface area contributed by atoms with Gasteiger partial charge in [0.1, 0.15) is 0 Å². The van der Waals surface area contributed by atoms with Crippen molar-refractivity contribution in [3.05, 3.63) is 48.6 Å². The third kappa shape index (κ3) is 5.72. The molecule has 0 heterocycles. The summed E-state index contributed by atoms with van der Waals surface area (Å²) in [5, 5.41) is 0. The van der Waals surface area contributed by atoms with Crippen LogP contribution in [0.4, 0.5) is 0 Å². The molecule has 0 heteroatoms. The predicted octanol–water partition coefficient (Wildman–Crippen LogP) is 4.03. The van der Waals surface area contributed by atoms with Gasteiger partial charge in [-0.25, -0.2) is 0 Å². The zero-order valence-corrected chi connectivity index (χ0v) is 8.14. The van der Waals surface area contributed by atoms with Crippen molar-refractivity contribution in [1.82, 2.24) is 0 Å². The van der Waals surface area contributed by atoms with Crippen LogP contribution in [0.5, 0.6) is 0 Å². The van der Waals surface area contributed by atoms with E-state index in [1.165, 1.54) is 11.1 Å². The molecule has 0 aliphatic carbocycles. The highest BCUT2D eigenvalue weighted by atomic mass is 13.9. The molecular weight excluding hydrogens is 144 g/mol. The number of rotatable bonds is 5. The van der Waals surface area contributed by atoms with Crippen LogP contribution >= 0.6 is 0 Å². The van der Waals surface area contributed by atoms with Crippen LogP contribution in [0.25, 0.3) is 0 Å². The van der Waals surface area contributed by atoms with E-state index in [9.17, 15) is 0 Å². The summed E-state index contributed by atoms with van der Waals surface area (Å²) in [6.45, 7) is 11.8. The molecule has 0 fully saturated rings. The van der Waals surface area contributed by atoms with E-state index in [0.29, 0.717) is 0 Å². The Morgan fingerprint density at radius 1 is 1.42 bits per heavy atom. The van der Waals surface area contributed by atoms with Crippen molar-refractivity contribution < 1.29 is 0 Å². The Morgan fingerprint density at radius 3 is 2.58 bits per heavy atom. The first-order valence-corrected chi connectivity index (χ1v) is 4.34. The van der Waals surface area contributed by atoms with Gasteiger partial charge in [0.25, 0.3) is 0 Å². The van der Waals surface area contributed by atoms with E-state index in [4.69, 9.17) is 0 Å². The van der Waals surface area contributed by atoms with Gasteiger partial charge in [-0.1, -0.05) is 49.0 Å². The van der Waals surface area contributed by atoms with Gasteiger partial charge in [0.05, 0.1) is 0 Å². The van der Waals surface area contributed by atoms with Crippen molar-refractivity contribution in [3.8, 4) is 0 Å². The fourth-order valence-corrected chi connectivity index (χ4v) is 0.822. The molecule has 0 saturated carbocycles. The van der Waals surface area contributed by atoms with Crippen molar-refractivity contribution >= 4 is 0 Å². The zero-order chi connectivity index (χ0) is 9.40. The second kappa shape index (κ2) is 6.66. The van der Waals surface area contributed by atoms with Crippen LogP contribution in [0.3, 0.4) is 0 Å². The van der Waals surface area contributed by atoms with Crippen LogP contribution in [0.15, 0.2) is 48.6 Å². The van der Waals surface area contributed by atoms with E-state index < -0.39 is 0 Å². The van der Waals surface area contributed by atoms with Crippen LogP contribution in [-0.2, 0) is 0 Å². The minimum absolute atomic E-state index is 0.934. The van der Waals surface area contributed by atoms with Gasteiger partial charge in [-0.05, 0) is 19.8 Å². The summed E-state index contributed by atoms with van der Waals surface area (Å²) in [6, 6.07) is 0. The predicted molar refractivity (Wildman–Crippen MR) is 57.1 cm³/mol. The molecule has 0 saturated heterocycles. The Bertz CT molecular complexity index is 204. The average molecular weight is 162 g/mol. The van der Waals surface area contributed by atoms with E-state index in [1.807, 2.05) is 6.08 Å². The van der Waals surface area contributed by atoms with Crippen molar-refractivity contribution in [1.29, 1.82) is 0 Å². The topological polar surface area (TPSA) is 0 Å². The van der Waals surface area contributed by atoms with Crippen LogP contribution in [0.1, 0.15) is 26.7 Å². The molecule has 0 N–H and O–H groups in total. The monoisotopic (exact) mass is 162 g/mol. The summed E-state index contributed by atoms with van der Waals surface area (Å²) in [5.41, 5.74) is 2.43. The molecule has 0 aliphatic heterocycles. The normalized spacial score (nSPS) is 12.0. The first-order chi connectivity index (χ1) is 5.70. The highest BCUT2D eigenvalue weighted by Gasteiger charge is 1.84. The Morgan fingerprint density at radius 2 is 2.08 bits per heavy atom. The lowest BCUT2D eigenvalue weighted by molar-refractivity contribution is 1.15. The Kier molecular flexibility index (Phi) is 6.08. The molecule has 0 aromatic carbocycles. The Hall–Kier alpha value is -1.04. The van der Waals surface area contributed by atoms with Crippen LogP contribution in [0.2, 0.25) is 0 Å². The van der Waals surface area contributed by atoms with Gasteiger partial charge in [0, 0.05) is 0 Å². The fraction of sp³-hybridized carbons (Fsp3) is 0.333. The summed E-state index contributed by atoms with van der Waals surface area (Å²) in [5.74, 6) is 0. The average Bonchev–Trinajstić information content (AvgIpc) is 2.05. The van der Waals surface area contributed by atoms with E-state index >= 15 is 0 Å². The molecule has 0 spiro atoms. The maximum Gasteiger partial charge on any atom is -0.0169 e. The molecular formula is C12H18. The highest BCUT2D eigenvalue weighted by molar-refractivity contribution is 5.26. The molecule has 0 aromatic heterocycles. The maximum atomic E-state index is 3.91. The van der Waals surface area contributed by atoms with Crippen LogP contribution in [-0.4, -0.2) is 0 Å². The van der Waals surface area contributed by atoms with Crippen molar-refractivity contribution in [3.63, 3.8) is 0 Å². The first kappa shape index (κ1) is 11.0. The van der Waals surface area contributed by atoms with Gasteiger partial charge in [-0.3, -0.25) is 0 Å². The largest absolute Gasteiger partial charge is 0.103 e. The molecule has 12 heavy (non-hydrogen) atoms. The Balaban J connectivity index is 4.00. The lowest BCUT2D eigenvalue weighted by Crippen LogP contribution is -1.73. The molecule has 0 atom stereocenters. The molecule has 0 aliphatic rings. The van der Waals surface area contributed by atoms with E-state index in [1.54, 1.807) is 0 Å². The fourth-order valence-electron chi connectivity index (χ4n) is 0.822. The van der Waals surface area contributed by atoms with Gasteiger partial charge in [0.2, 0.25) is 0 Å². The molecule has 0 rings (SSSR count). The van der Waals surface area contributed by atoms with Gasteiger partial charge < -0.3 is 0 Å². The summed E-state index contributed by atoms with van der Waals surface area (Å²) >= 11 is 0. The molecule has 0 unspecified atom stereocenters. The highest BCUT2D eigenvalue weighted by Crippen LogP contribution is 2.05. The lowest BCUT2D eigenvalue weighted by atomic mass is 10.1. The minimum atomic E-state index is 0.934. The molecule has 66 valence electrons. The van der Waals surface area contributed by atoms with Crippen LogP contribution in [0, 0.1) is 0 Å². The summed E-state index contributed by atoms with van der Waals surface area (Å²) in [6.07, 6.45) is 10.2. The number of hydrogen-bond acceptors (Lipinski definition) is 0. The Labute approximate surface area is 76.0 Å². The van der Waals surface area contributed by atoms with Gasteiger partial charge in [0.15, 0.2) is 0 Å². The number of allylic oxidation sites excluding steroid dienone is 6. The van der Waals surface area contributed by atoms with Crippen LogP contribution < -0.4 is 0 Å². The molecule has 0 radical (unpaired) electrons. The minimum Gasteiger partial charge on any atom is -0.103 e. The third-order valence-electron chi connectivity index (χ3n) is 1.57. The molecule has 0 nitrogen and oxygen atoms in total. The van der Waals surface area contributed by atoms with Crippen molar-refractivity contribution in [2.45, 2.75) is 26.7 Å². The molecule has 0 aromatic rings. The van der Waals surface area contributed by atoms with E-state index in [-0.39, 0.29) is 0 Å². The standard InChI is InChI=1S/C12H18/c1-5-7-8-9-12(4)10-11(3)6-2/h5,8-10H,1,3,6-7H2,2,4H3/b9-8-,12-10-. The maximum absolute atomic E-state index is 3.91.